The molecule has 0 aliphatic carbocycles. The molecule has 0 amide bonds. The summed E-state index contributed by atoms with van der Waals surface area (Å²) in [6.07, 6.45) is 0. The molecule has 0 saturated heterocycles. The maximum absolute atomic E-state index is 13.0. The largest absolute Gasteiger partial charge is 0.488 e. The normalized spacial score (nSPS) is 10.4. The van der Waals surface area contributed by atoms with Gasteiger partial charge >= 0.3 is 0 Å². The van der Waals surface area contributed by atoms with Crippen LogP contribution in [0, 0.1) is 12.7 Å². The second-order valence-corrected chi connectivity index (χ2v) is 5.34. The molecule has 2 rings (SSSR count). The minimum Gasteiger partial charge on any atom is -0.488 e. The molecule has 1 nitrogen and oxygen atoms in total. The minimum absolute atomic E-state index is 0.203. The average Bonchev–Trinajstić information content (AvgIpc) is 2.66. The van der Waals surface area contributed by atoms with E-state index in [-0.39, 0.29) is 5.82 Å². The molecule has 4 heteroatoms. The lowest BCUT2D eigenvalue weighted by Gasteiger charge is -2.05. The first-order valence-corrected chi connectivity index (χ1v) is 6.44. The van der Waals surface area contributed by atoms with Crippen LogP contribution in [-0.4, -0.2) is 0 Å². The van der Waals surface area contributed by atoms with Crippen molar-refractivity contribution in [3.63, 3.8) is 0 Å². The minimum atomic E-state index is -0.203. The first-order valence-electron chi connectivity index (χ1n) is 4.77. The molecule has 1 aromatic heterocycles. The highest BCUT2D eigenvalue weighted by molar-refractivity contribution is 9.10. The maximum Gasteiger partial charge on any atom is 0.126 e. The molecule has 0 atom stereocenters. The Bertz CT molecular complexity index is 496. The second-order valence-electron chi connectivity index (χ2n) is 3.43. The van der Waals surface area contributed by atoms with Crippen LogP contribution in [0.5, 0.6) is 5.75 Å². The SMILES string of the molecule is Cc1cc(OCc2cc(Br)cs2)ccc1F. The molecule has 16 heavy (non-hydrogen) atoms. The topological polar surface area (TPSA) is 9.23 Å². The molecule has 0 spiro atoms. The lowest BCUT2D eigenvalue weighted by molar-refractivity contribution is 0.309. The van der Waals surface area contributed by atoms with E-state index in [9.17, 15) is 4.39 Å². The Balaban J connectivity index is 2.02. The summed E-state index contributed by atoms with van der Waals surface area (Å²) >= 11 is 5.01. The number of hydrogen-bond donors (Lipinski definition) is 0. The summed E-state index contributed by atoms with van der Waals surface area (Å²) in [6.45, 7) is 2.24. The van der Waals surface area contributed by atoms with Crippen molar-refractivity contribution in [1.82, 2.24) is 0 Å². The molecular formula is C12H10BrFOS. The van der Waals surface area contributed by atoms with E-state index < -0.39 is 0 Å². The van der Waals surface area contributed by atoms with Gasteiger partial charge in [-0.1, -0.05) is 0 Å². The number of aryl methyl sites for hydroxylation is 1. The predicted octanol–water partition coefficient (Wildman–Crippen LogP) is 4.54. The van der Waals surface area contributed by atoms with E-state index in [1.807, 2.05) is 11.4 Å². The van der Waals surface area contributed by atoms with Crippen molar-refractivity contribution >= 4 is 27.3 Å². The third-order valence-corrected chi connectivity index (χ3v) is 3.80. The number of benzene rings is 1. The van der Waals surface area contributed by atoms with Crippen LogP contribution in [0.2, 0.25) is 0 Å². The molecule has 0 aliphatic heterocycles. The van der Waals surface area contributed by atoms with Crippen LogP contribution in [0.4, 0.5) is 4.39 Å². The quantitative estimate of drug-likeness (QED) is 0.809. The van der Waals surface area contributed by atoms with Crippen molar-refractivity contribution in [3.05, 3.63) is 50.4 Å². The van der Waals surface area contributed by atoms with Gasteiger partial charge in [0.25, 0.3) is 0 Å². The van der Waals surface area contributed by atoms with Gasteiger partial charge in [0.1, 0.15) is 18.2 Å². The molecule has 0 radical (unpaired) electrons. The average molecular weight is 301 g/mol. The van der Waals surface area contributed by atoms with E-state index in [2.05, 4.69) is 15.9 Å². The van der Waals surface area contributed by atoms with Gasteiger partial charge < -0.3 is 4.74 Å². The fourth-order valence-corrected chi connectivity index (χ4v) is 2.65. The highest BCUT2D eigenvalue weighted by Gasteiger charge is 2.02. The van der Waals surface area contributed by atoms with Crippen LogP contribution >= 0.6 is 27.3 Å². The Morgan fingerprint density at radius 2 is 2.19 bits per heavy atom. The van der Waals surface area contributed by atoms with Gasteiger partial charge in [0.2, 0.25) is 0 Å². The molecule has 84 valence electrons. The molecule has 0 saturated carbocycles. The number of rotatable bonds is 3. The number of thiophene rings is 1. The Morgan fingerprint density at radius 1 is 1.38 bits per heavy atom. The summed E-state index contributed by atoms with van der Waals surface area (Å²) < 4.78 is 19.6. The van der Waals surface area contributed by atoms with Crippen molar-refractivity contribution in [2.45, 2.75) is 13.5 Å². The standard InChI is InChI=1S/C12H10BrFOS/c1-8-4-10(2-3-12(8)14)15-6-11-5-9(13)7-16-11/h2-5,7H,6H2,1H3. The van der Waals surface area contributed by atoms with E-state index in [0.29, 0.717) is 17.9 Å². The van der Waals surface area contributed by atoms with E-state index in [1.165, 1.54) is 6.07 Å². The number of halogens is 2. The van der Waals surface area contributed by atoms with Crippen molar-refractivity contribution in [2.24, 2.45) is 0 Å². The van der Waals surface area contributed by atoms with Crippen LogP contribution in [0.15, 0.2) is 34.1 Å². The molecule has 1 heterocycles. The molecule has 0 bridgehead atoms. The van der Waals surface area contributed by atoms with Gasteiger partial charge in [-0.15, -0.1) is 11.3 Å². The summed E-state index contributed by atoms with van der Waals surface area (Å²) in [6, 6.07) is 6.79. The third kappa shape index (κ3) is 2.83. The van der Waals surface area contributed by atoms with Crippen LogP contribution in [0.1, 0.15) is 10.4 Å². The number of ether oxygens (including phenoxy) is 1. The zero-order chi connectivity index (χ0) is 11.5. The zero-order valence-electron chi connectivity index (χ0n) is 8.67. The van der Waals surface area contributed by atoms with Gasteiger partial charge in [0.05, 0.1) is 0 Å². The molecule has 0 unspecified atom stereocenters. The summed E-state index contributed by atoms with van der Waals surface area (Å²) in [5.41, 5.74) is 0.602. The van der Waals surface area contributed by atoms with Crippen LogP contribution in [0.3, 0.4) is 0 Å². The van der Waals surface area contributed by atoms with E-state index in [0.717, 1.165) is 9.35 Å². The van der Waals surface area contributed by atoms with Crippen molar-refractivity contribution in [2.75, 3.05) is 0 Å². The van der Waals surface area contributed by atoms with E-state index in [1.54, 1.807) is 30.4 Å². The summed E-state index contributed by atoms with van der Waals surface area (Å²) in [4.78, 5) is 1.13. The third-order valence-electron chi connectivity index (χ3n) is 2.13. The zero-order valence-corrected chi connectivity index (χ0v) is 11.1. The molecule has 1 aromatic carbocycles. The van der Waals surface area contributed by atoms with Gasteiger partial charge in [-0.25, -0.2) is 4.39 Å². The Labute approximate surface area is 106 Å². The van der Waals surface area contributed by atoms with Gasteiger partial charge in [0, 0.05) is 14.7 Å². The Hall–Kier alpha value is -0.870. The van der Waals surface area contributed by atoms with Gasteiger partial charge in [-0.2, -0.15) is 0 Å². The van der Waals surface area contributed by atoms with Crippen LogP contribution < -0.4 is 4.74 Å². The van der Waals surface area contributed by atoms with Crippen molar-refractivity contribution in [3.8, 4) is 5.75 Å². The molecule has 0 aliphatic rings. The second kappa shape index (κ2) is 4.97. The summed E-state index contributed by atoms with van der Waals surface area (Å²) in [5.74, 6) is 0.495. The highest BCUT2D eigenvalue weighted by atomic mass is 79.9. The van der Waals surface area contributed by atoms with E-state index >= 15 is 0 Å². The monoisotopic (exact) mass is 300 g/mol. The molecule has 0 N–H and O–H groups in total. The van der Waals surface area contributed by atoms with Gasteiger partial charge in [0.15, 0.2) is 0 Å². The lowest BCUT2D eigenvalue weighted by atomic mass is 10.2. The maximum atomic E-state index is 13.0. The first-order chi connectivity index (χ1) is 7.65. The smallest absolute Gasteiger partial charge is 0.126 e. The predicted molar refractivity (Wildman–Crippen MR) is 67.5 cm³/mol. The van der Waals surface area contributed by atoms with Crippen LogP contribution in [0.25, 0.3) is 0 Å². The highest BCUT2D eigenvalue weighted by Crippen LogP contribution is 2.22. The van der Waals surface area contributed by atoms with Gasteiger partial charge in [-0.05, 0) is 52.7 Å². The lowest BCUT2D eigenvalue weighted by Crippen LogP contribution is -1.93. The number of hydrogen-bond acceptors (Lipinski definition) is 2. The fourth-order valence-electron chi connectivity index (χ4n) is 1.29. The van der Waals surface area contributed by atoms with E-state index in [4.69, 9.17) is 4.74 Å². The summed E-state index contributed by atoms with van der Waals surface area (Å²) in [5, 5.41) is 2.01. The first kappa shape index (κ1) is 11.6. The van der Waals surface area contributed by atoms with Crippen LogP contribution in [-0.2, 0) is 6.61 Å². The van der Waals surface area contributed by atoms with Crippen molar-refractivity contribution in [1.29, 1.82) is 0 Å². The molecule has 2 aromatic rings. The molecular weight excluding hydrogens is 291 g/mol. The fraction of sp³-hybridized carbons (Fsp3) is 0.167. The summed E-state index contributed by atoms with van der Waals surface area (Å²) in [7, 11) is 0. The Kier molecular flexibility index (Phi) is 3.61. The molecule has 0 fully saturated rings. The van der Waals surface area contributed by atoms with Gasteiger partial charge in [-0.3, -0.25) is 0 Å². The van der Waals surface area contributed by atoms with Crippen molar-refractivity contribution < 1.29 is 9.13 Å². The Morgan fingerprint density at radius 3 is 2.81 bits per heavy atom.